The Morgan fingerprint density at radius 2 is 2.04 bits per heavy atom. The second-order valence-corrected chi connectivity index (χ2v) is 5.35. The topological polar surface area (TPSA) is 61.6 Å². The minimum absolute atomic E-state index is 0.176. The van der Waals surface area contributed by atoms with Gasteiger partial charge in [-0.15, -0.1) is 0 Å². The molecule has 0 radical (unpaired) electrons. The number of hydrogen-bond acceptors (Lipinski definition) is 4. The molecule has 2 aromatic carbocycles. The highest BCUT2D eigenvalue weighted by Gasteiger charge is 2.11. The lowest BCUT2D eigenvalue weighted by atomic mass is 10.1. The van der Waals surface area contributed by atoms with Crippen molar-refractivity contribution in [3.8, 4) is 11.5 Å². The largest absolute Gasteiger partial charge is 0.493 e. The lowest BCUT2D eigenvalue weighted by Gasteiger charge is -2.14. The van der Waals surface area contributed by atoms with Gasteiger partial charge in [0.05, 0.1) is 12.0 Å². The van der Waals surface area contributed by atoms with Crippen LogP contribution in [0.3, 0.4) is 0 Å². The van der Waals surface area contributed by atoms with E-state index in [4.69, 9.17) is 32.7 Å². The molecule has 0 heterocycles. The summed E-state index contributed by atoms with van der Waals surface area (Å²) < 4.78 is 11.0. The van der Waals surface area contributed by atoms with Crippen LogP contribution < -0.4 is 9.47 Å². The van der Waals surface area contributed by atoms with Crippen LogP contribution in [0, 0.1) is 10.1 Å². The summed E-state index contributed by atoms with van der Waals surface area (Å²) in [5.74, 6) is 0.875. The molecule has 120 valence electrons. The third kappa shape index (κ3) is 4.61. The Kier molecular flexibility index (Phi) is 5.84. The molecule has 0 amide bonds. The van der Waals surface area contributed by atoms with Crippen LogP contribution >= 0.6 is 23.2 Å². The number of rotatable bonds is 6. The summed E-state index contributed by atoms with van der Waals surface area (Å²) in [7, 11) is 1.50. The van der Waals surface area contributed by atoms with E-state index >= 15 is 0 Å². The van der Waals surface area contributed by atoms with Crippen LogP contribution in [0.25, 0.3) is 6.08 Å². The number of hydrogen-bond donors (Lipinski definition) is 0. The van der Waals surface area contributed by atoms with Crippen molar-refractivity contribution in [2.45, 2.75) is 6.61 Å². The molecule has 0 saturated carbocycles. The van der Waals surface area contributed by atoms with Crippen molar-refractivity contribution in [2.24, 2.45) is 0 Å². The first-order valence-electron chi connectivity index (χ1n) is 6.56. The maximum absolute atomic E-state index is 10.5. The highest BCUT2D eigenvalue weighted by molar-refractivity contribution is 6.35. The van der Waals surface area contributed by atoms with Crippen LogP contribution in [0.1, 0.15) is 11.1 Å². The zero-order chi connectivity index (χ0) is 16.8. The summed E-state index contributed by atoms with van der Waals surface area (Å²) in [5.41, 5.74) is 1.28. The average molecular weight is 354 g/mol. The second-order valence-electron chi connectivity index (χ2n) is 4.50. The van der Waals surface area contributed by atoms with Crippen molar-refractivity contribution in [3.63, 3.8) is 0 Å². The standard InChI is InChI=1S/C16H13Cl2NO4/c1-22-15-4-2-3-11(7-8-19(20)21)16(15)23-10-12-5-6-13(17)9-14(12)18/h2-9H,10H2,1H3/b8-7+. The summed E-state index contributed by atoms with van der Waals surface area (Å²) in [6, 6.07) is 10.2. The van der Waals surface area contributed by atoms with E-state index in [9.17, 15) is 10.1 Å². The number of benzene rings is 2. The smallest absolute Gasteiger partial charge is 0.235 e. The SMILES string of the molecule is COc1cccc(/C=C/[N+](=O)[O-])c1OCc1ccc(Cl)cc1Cl. The third-order valence-corrected chi connectivity index (χ3v) is 3.58. The van der Waals surface area contributed by atoms with Gasteiger partial charge in [-0.25, -0.2) is 0 Å². The Morgan fingerprint density at radius 1 is 1.26 bits per heavy atom. The van der Waals surface area contributed by atoms with Crippen LogP contribution in [0.2, 0.25) is 10.0 Å². The third-order valence-electron chi connectivity index (χ3n) is 2.99. The van der Waals surface area contributed by atoms with Crippen molar-refractivity contribution in [1.82, 2.24) is 0 Å². The molecule has 0 aliphatic carbocycles. The second kappa shape index (κ2) is 7.85. The molecule has 0 atom stereocenters. The van der Waals surface area contributed by atoms with Gasteiger partial charge in [0.1, 0.15) is 6.61 Å². The summed E-state index contributed by atoms with van der Waals surface area (Å²) in [4.78, 5) is 9.97. The molecule has 0 spiro atoms. The molecule has 5 nitrogen and oxygen atoms in total. The van der Waals surface area contributed by atoms with Crippen molar-refractivity contribution in [1.29, 1.82) is 0 Å². The zero-order valence-corrected chi connectivity index (χ0v) is 13.7. The van der Waals surface area contributed by atoms with E-state index in [0.29, 0.717) is 27.1 Å². The van der Waals surface area contributed by atoms with Gasteiger partial charge in [-0.1, -0.05) is 41.4 Å². The van der Waals surface area contributed by atoms with E-state index in [-0.39, 0.29) is 6.61 Å². The molecule has 7 heteroatoms. The molecule has 23 heavy (non-hydrogen) atoms. The van der Waals surface area contributed by atoms with E-state index in [1.165, 1.54) is 13.2 Å². The molecule has 2 rings (SSSR count). The van der Waals surface area contributed by atoms with Gasteiger partial charge in [0.25, 0.3) is 0 Å². The average Bonchev–Trinajstić information content (AvgIpc) is 2.52. The lowest BCUT2D eigenvalue weighted by Crippen LogP contribution is -2.00. The van der Waals surface area contributed by atoms with Crippen molar-refractivity contribution in [2.75, 3.05) is 7.11 Å². The van der Waals surface area contributed by atoms with Gasteiger partial charge in [0.15, 0.2) is 11.5 Å². The number of halogens is 2. The van der Waals surface area contributed by atoms with Crippen LogP contribution in [-0.2, 0) is 6.61 Å². The Bertz CT molecular complexity index is 747. The van der Waals surface area contributed by atoms with E-state index in [0.717, 1.165) is 11.8 Å². The molecule has 0 N–H and O–H groups in total. The molecule has 0 fully saturated rings. The number of ether oxygens (including phenoxy) is 2. The maximum atomic E-state index is 10.5. The van der Waals surface area contributed by atoms with Gasteiger partial charge < -0.3 is 9.47 Å². The minimum Gasteiger partial charge on any atom is -0.493 e. The zero-order valence-electron chi connectivity index (χ0n) is 12.2. The first kappa shape index (κ1) is 17.1. The molecule has 0 aromatic heterocycles. The minimum atomic E-state index is -0.542. The van der Waals surface area contributed by atoms with E-state index in [1.54, 1.807) is 36.4 Å². The summed E-state index contributed by atoms with van der Waals surface area (Å²) in [6.07, 6.45) is 2.19. The molecule has 0 saturated heterocycles. The first-order valence-corrected chi connectivity index (χ1v) is 7.32. The van der Waals surface area contributed by atoms with Crippen molar-refractivity contribution >= 4 is 29.3 Å². The van der Waals surface area contributed by atoms with Crippen LogP contribution in [0.5, 0.6) is 11.5 Å². The molecule has 0 bridgehead atoms. The molecule has 0 aliphatic rings. The molecule has 2 aromatic rings. The Labute approximate surface area is 143 Å². The predicted octanol–water partition coefficient (Wildman–Crippen LogP) is 4.83. The van der Waals surface area contributed by atoms with Gasteiger partial charge in [-0.3, -0.25) is 10.1 Å². The Balaban J connectivity index is 2.28. The van der Waals surface area contributed by atoms with Crippen molar-refractivity contribution in [3.05, 3.63) is 73.9 Å². The quantitative estimate of drug-likeness (QED) is 0.551. The molecular formula is C16H13Cl2NO4. The van der Waals surface area contributed by atoms with Gasteiger partial charge in [0.2, 0.25) is 6.20 Å². The van der Waals surface area contributed by atoms with Crippen molar-refractivity contribution < 1.29 is 14.4 Å². The van der Waals surface area contributed by atoms with Gasteiger partial charge in [-0.05, 0) is 18.2 Å². The summed E-state index contributed by atoms with van der Waals surface area (Å²) in [6.45, 7) is 0.176. The molecular weight excluding hydrogens is 341 g/mol. The normalized spacial score (nSPS) is 10.7. The van der Waals surface area contributed by atoms with Gasteiger partial charge in [-0.2, -0.15) is 0 Å². The number of methoxy groups -OCH3 is 1. The van der Waals surface area contributed by atoms with Crippen LogP contribution in [-0.4, -0.2) is 12.0 Å². The van der Waals surface area contributed by atoms with Gasteiger partial charge in [0, 0.05) is 27.2 Å². The number of nitrogens with zero attached hydrogens (tertiary/aromatic N) is 1. The first-order chi connectivity index (χ1) is 11.0. The highest BCUT2D eigenvalue weighted by atomic mass is 35.5. The summed E-state index contributed by atoms with van der Waals surface area (Å²) >= 11 is 12.0. The Morgan fingerprint density at radius 3 is 2.70 bits per heavy atom. The predicted molar refractivity (Wildman–Crippen MR) is 89.8 cm³/mol. The van der Waals surface area contributed by atoms with E-state index < -0.39 is 4.92 Å². The number of nitro groups is 1. The van der Waals surface area contributed by atoms with Gasteiger partial charge >= 0.3 is 0 Å². The fourth-order valence-corrected chi connectivity index (χ4v) is 2.37. The highest BCUT2D eigenvalue weighted by Crippen LogP contribution is 2.33. The Hall–Kier alpha value is -2.24. The fourth-order valence-electron chi connectivity index (χ4n) is 1.91. The van der Waals surface area contributed by atoms with Crippen LogP contribution in [0.15, 0.2) is 42.6 Å². The van der Waals surface area contributed by atoms with Crippen LogP contribution in [0.4, 0.5) is 0 Å². The molecule has 0 aliphatic heterocycles. The molecule has 0 unspecified atom stereocenters. The lowest BCUT2D eigenvalue weighted by molar-refractivity contribution is -0.400. The maximum Gasteiger partial charge on any atom is 0.235 e. The fraction of sp³-hybridized carbons (Fsp3) is 0.125. The van der Waals surface area contributed by atoms with E-state index in [1.807, 2.05) is 0 Å². The van der Waals surface area contributed by atoms with E-state index in [2.05, 4.69) is 0 Å². The monoisotopic (exact) mass is 353 g/mol. The summed E-state index contributed by atoms with van der Waals surface area (Å²) in [5, 5.41) is 11.5. The number of para-hydroxylation sites is 1.